The van der Waals surface area contributed by atoms with Crippen molar-refractivity contribution in [2.24, 2.45) is 16.7 Å². The van der Waals surface area contributed by atoms with Gasteiger partial charge in [-0.15, -0.1) is 0 Å². The smallest absolute Gasteiger partial charge is 0.123 e. The van der Waals surface area contributed by atoms with Gasteiger partial charge < -0.3 is 14.9 Å². The topological polar surface area (TPSA) is 65.9 Å². The number of nitrogens with zero attached hydrogens (tertiary/aromatic N) is 1. The second-order valence-electron chi connectivity index (χ2n) is 10.6. The van der Waals surface area contributed by atoms with E-state index in [1.807, 2.05) is 51.1 Å². The van der Waals surface area contributed by atoms with Crippen LogP contribution in [0.15, 0.2) is 48.7 Å². The lowest BCUT2D eigenvalue weighted by Gasteiger charge is -2.57. The molecule has 35 heavy (non-hydrogen) atoms. The number of aromatic nitrogens is 1. The average molecular weight is 484 g/mol. The van der Waals surface area contributed by atoms with Crippen molar-refractivity contribution in [2.75, 3.05) is 13.2 Å². The Bertz CT molecular complexity index is 987. The van der Waals surface area contributed by atoms with Gasteiger partial charge in [-0.3, -0.25) is 4.98 Å². The number of allylic oxidation sites excluding steroid dienone is 1. The van der Waals surface area contributed by atoms with Crippen LogP contribution in [-0.2, 0) is 4.74 Å². The number of hydrogen-bond acceptors (Lipinski definition) is 4. The highest BCUT2D eigenvalue weighted by Gasteiger charge is 2.61. The molecule has 0 amide bonds. The minimum Gasteiger partial charge on any atom is -0.396 e. The molecule has 1 spiro atoms. The summed E-state index contributed by atoms with van der Waals surface area (Å²) >= 11 is 0. The molecule has 2 aromatic rings. The number of aliphatic hydroxyl groups is 2. The molecule has 1 aromatic heterocycles. The van der Waals surface area contributed by atoms with Gasteiger partial charge in [0.2, 0.25) is 0 Å². The van der Waals surface area contributed by atoms with Gasteiger partial charge in [0.1, 0.15) is 5.82 Å². The first-order valence-electron chi connectivity index (χ1n) is 13.0. The molecule has 0 radical (unpaired) electrons. The zero-order valence-corrected chi connectivity index (χ0v) is 21.9. The Morgan fingerprint density at radius 2 is 1.86 bits per heavy atom. The number of fused-ring (bicyclic) bond motifs is 1. The molecule has 2 unspecified atom stereocenters. The van der Waals surface area contributed by atoms with Crippen LogP contribution in [0.1, 0.15) is 72.4 Å². The standard InChI is InChI=1S/C14H12FN.C14H24O3.C2H6/c1-2-4-14-8-7-12(10-16-14)11-5-3-6-13(15)9-11;1-12-5-4-11(16)13(2,8-15)10(12)3-6-14(7-12)9-17-14;1-2/h2-10H,1H3;10-11,15-16H,3-9H2,1-2H3;1-2H3/b4-2+;;/t;10?,11-,12+,13+,14?;/m.1./s1. The molecular weight excluding hydrogens is 441 g/mol. The average Bonchev–Trinajstić information content (AvgIpc) is 3.62. The number of rotatable bonds is 3. The fourth-order valence-electron chi connectivity index (χ4n) is 6.20. The van der Waals surface area contributed by atoms with Crippen LogP contribution < -0.4 is 0 Å². The van der Waals surface area contributed by atoms with E-state index in [1.54, 1.807) is 12.3 Å². The van der Waals surface area contributed by atoms with Crippen molar-refractivity contribution in [1.29, 1.82) is 0 Å². The molecule has 4 nitrogen and oxygen atoms in total. The van der Waals surface area contributed by atoms with Gasteiger partial charge in [0.05, 0.1) is 30.6 Å². The summed E-state index contributed by atoms with van der Waals surface area (Å²) in [6.07, 6.45) is 10.5. The lowest BCUT2D eigenvalue weighted by molar-refractivity contribution is -0.151. The van der Waals surface area contributed by atoms with Crippen molar-refractivity contribution in [3.8, 4) is 11.1 Å². The summed E-state index contributed by atoms with van der Waals surface area (Å²) in [7, 11) is 0. The maximum absolute atomic E-state index is 13.0. The van der Waals surface area contributed by atoms with Gasteiger partial charge in [-0.1, -0.05) is 52.0 Å². The SMILES string of the molecule is C/C=C/c1ccc(-c2cccc(F)c2)cn1.CC.C[C@@]12CC[C@@H](O)[C@@](C)(CO)C1CCC1(CO1)C2. The maximum Gasteiger partial charge on any atom is 0.123 e. The number of hydrogen-bond donors (Lipinski definition) is 2. The first-order valence-corrected chi connectivity index (χ1v) is 13.0. The highest BCUT2D eigenvalue weighted by molar-refractivity contribution is 5.63. The second-order valence-corrected chi connectivity index (χ2v) is 10.6. The normalized spacial score (nSPS) is 33.3. The third-order valence-electron chi connectivity index (χ3n) is 8.18. The third-order valence-corrected chi connectivity index (χ3v) is 8.18. The van der Waals surface area contributed by atoms with E-state index in [-0.39, 0.29) is 35.0 Å². The number of pyridine rings is 1. The quantitative estimate of drug-likeness (QED) is 0.479. The minimum atomic E-state index is -0.347. The van der Waals surface area contributed by atoms with Crippen molar-refractivity contribution >= 4 is 6.08 Å². The summed E-state index contributed by atoms with van der Waals surface area (Å²) in [5.74, 6) is 0.202. The first-order chi connectivity index (χ1) is 16.7. The van der Waals surface area contributed by atoms with Crippen LogP contribution in [0.2, 0.25) is 0 Å². The van der Waals surface area contributed by atoms with Crippen molar-refractivity contribution in [1.82, 2.24) is 4.98 Å². The number of benzene rings is 1. The first kappa shape index (κ1) is 27.5. The Hall–Kier alpha value is -2.08. The molecule has 5 rings (SSSR count). The Balaban J connectivity index is 0.000000183. The van der Waals surface area contributed by atoms with Crippen LogP contribution in [0.5, 0.6) is 0 Å². The van der Waals surface area contributed by atoms with E-state index >= 15 is 0 Å². The summed E-state index contributed by atoms with van der Waals surface area (Å²) in [6, 6.07) is 10.4. The van der Waals surface area contributed by atoms with E-state index in [0.29, 0.717) is 5.92 Å². The fraction of sp³-hybridized carbons (Fsp3) is 0.567. The number of ether oxygens (including phenoxy) is 1. The number of halogens is 1. The maximum atomic E-state index is 13.0. The molecule has 1 saturated heterocycles. The molecule has 2 N–H and O–H groups in total. The zero-order valence-electron chi connectivity index (χ0n) is 21.9. The van der Waals surface area contributed by atoms with Crippen molar-refractivity contribution in [3.63, 3.8) is 0 Å². The molecule has 0 bridgehead atoms. The Kier molecular flexibility index (Phi) is 8.90. The molecule has 1 aliphatic heterocycles. The molecule has 5 atom stereocenters. The van der Waals surface area contributed by atoms with E-state index in [1.165, 1.54) is 12.1 Å². The summed E-state index contributed by atoms with van der Waals surface area (Å²) in [6.45, 7) is 11.4. The van der Waals surface area contributed by atoms with Crippen LogP contribution in [0.3, 0.4) is 0 Å². The van der Waals surface area contributed by atoms with Crippen LogP contribution in [0, 0.1) is 22.6 Å². The van der Waals surface area contributed by atoms with Gasteiger partial charge in [0.15, 0.2) is 0 Å². The van der Waals surface area contributed by atoms with Gasteiger partial charge in [0, 0.05) is 17.2 Å². The molecule has 1 aromatic carbocycles. The Morgan fingerprint density at radius 1 is 1.11 bits per heavy atom. The zero-order chi connectivity index (χ0) is 25.7. The lowest BCUT2D eigenvalue weighted by Crippen LogP contribution is -2.56. The van der Waals surface area contributed by atoms with Crippen LogP contribution >= 0.6 is 0 Å². The van der Waals surface area contributed by atoms with Crippen molar-refractivity contribution in [2.45, 2.75) is 78.4 Å². The van der Waals surface area contributed by atoms with E-state index in [0.717, 1.165) is 55.5 Å². The molecule has 2 heterocycles. The third kappa shape index (κ3) is 6.02. The molecule has 3 aliphatic rings. The van der Waals surface area contributed by atoms with Gasteiger partial charge in [-0.25, -0.2) is 4.39 Å². The predicted octanol–water partition coefficient (Wildman–Crippen LogP) is 6.66. The molecule has 5 heteroatoms. The van der Waals surface area contributed by atoms with Gasteiger partial charge in [-0.05, 0) is 80.2 Å². The molecule has 3 fully saturated rings. The van der Waals surface area contributed by atoms with E-state index in [2.05, 4.69) is 18.8 Å². The number of epoxide rings is 1. The summed E-state index contributed by atoms with van der Waals surface area (Å²) in [5, 5.41) is 20.0. The summed E-state index contributed by atoms with van der Waals surface area (Å²) < 4.78 is 18.7. The Labute approximate surface area is 210 Å². The van der Waals surface area contributed by atoms with E-state index < -0.39 is 0 Å². The number of aliphatic hydroxyl groups excluding tert-OH is 2. The van der Waals surface area contributed by atoms with E-state index in [4.69, 9.17) is 4.74 Å². The van der Waals surface area contributed by atoms with Crippen molar-refractivity contribution in [3.05, 3.63) is 60.2 Å². The monoisotopic (exact) mass is 483 g/mol. The largest absolute Gasteiger partial charge is 0.396 e. The van der Waals surface area contributed by atoms with Crippen molar-refractivity contribution < 1.29 is 19.3 Å². The van der Waals surface area contributed by atoms with Gasteiger partial charge >= 0.3 is 0 Å². The Morgan fingerprint density at radius 3 is 2.43 bits per heavy atom. The predicted molar refractivity (Wildman–Crippen MR) is 140 cm³/mol. The lowest BCUT2D eigenvalue weighted by atomic mass is 9.49. The van der Waals surface area contributed by atoms with Gasteiger partial charge in [0.25, 0.3) is 0 Å². The highest BCUT2D eigenvalue weighted by Crippen LogP contribution is 2.62. The molecular formula is C30H42FNO3. The molecule has 2 aliphatic carbocycles. The summed E-state index contributed by atoms with van der Waals surface area (Å²) in [5.41, 5.74) is 2.77. The van der Waals surface area contributed by atoms with Crippen LogP contribution in [-0.4, -0.2) is 40.1 Å². The van der Waals surface area contributed by atoms with E-state index in [9.17, 15) is 14.6 Å². The van der Waals surface area contributed by atoms with Crippen LogP contribution in [0.25, 0.3) is 17.2 Å². The molecule has 2 saturated carbocycles. The van der Waals surface area contributed by atoms with Crippen LogP contribution in [0.4, 0.5) is 4.39 Å². The second kappa shape index (κ2) is 11.3. The molecule has 192 valence electrons. The summed E-state index contributed by atoms with van der Waals surface area (Å²) in [4.78, 5) is 4.27. The van der Waals surface area contributed by atoms with Gasteiger partial charge in [-0.2, -0.15) is 0 Å². The fourth-order valence-corrected chi connectivity index (χ4v) is 6.20. The highest BCUT2D eigenvalue weighted by atomic mass is 19.1. The minimum absolute atomic E-state index is 0.0995.